The number of aryl methyl sites for hydroxylation is 1. The van der Waals surface area contributed by atoms with Crippen molar-refractivity contribution in [2.24, 2.45) is 7.05 Å². The Morgan fingerprint density at radius 2 is 1.58 bits per heavy atom. The second-order valence-electron chi connectivity index (χ2n) is 7.81. The zero-order valence-corrected chi connectivity index (χ0v) is 16.9. The number of pyridine rings is 1. The van der Waals surface area contributed by atoms with Gasteiger partial charge in [-0.25, -0.2) is 4.98 Å². The van der Waals surface area contributed by atoms with Crippen molar-refractivity contribution in [1.29, 1.82) is 0 Å². The largest absolute Gasteiger partial charge is 0.504 e. The first-order chi connectivity index (χ1) is 15.2. The third-order valence-electron chi connectivity index (χ3n) is 5.85. The van der Waals surface area contributed by atoms with E-state index in [0.29, 0.717) is 17.2 Å². The standard InChI is InChI=1S/C24H20N6O/c1-30-22(24-27-19-10-17-12-26-13-18(17)11-20(19)28-24)23(31)21(29-30)16-4-2-14(3-5-16)15-6-8-25-9-7-15/h2-11,26,31H,12-13H2,1H3,(H,27,28). The van der Waals surface area contributed by atoms with Crippen molar-refractivity contribution >= 4 is 11.0 Å². The number of benzene rings is 2. The Balaban J connectivity index is 1.39. The molecule has 0 saturated carbocycles. The number of nitrogens with zero attached hydrogens (tertiary/aromatic N) is 4. The maximum absolute atomic E-state index is 11.0. The van der Waals surface area contributed by atoms with Crippen molar-refractivity contribution < 1.29 is 5.11 Å². The van der Waals surface area contributed by atoms with Crippen LogP contribution in [-0.4, -0.2) is 29.8 Å². The SMILES string of the molecule is Cn1nc(-c2ccc(-c3ccncc3)cc2)c(O)c1-c1nc2cc3c(cc2[nH]1)CNC3. The van der Waals surface area contributed by atoms with Crippen molar-refractivity contribution in [1.82, 2.24) is 30.0 Å². The molecule has 7 nitrogen and oxygen atoms in total. The van der Waals surface area contributed by atoms with Gasteiger partial charge in [0.25, 0.3) is 0 Å². The van der Waals surface area contributed by atoms with Gasteiger partial charge in [0.2, 0.25) is 0 Å². The van der Waals surface area contributed by atoms with Crippen molar-refractivity contribution in [3.63, 3.8) is 0 Å². The van der Waals surface area contributed by atoms with Crippen LogP contribution in [0, 0.1) is 0 Å². The second-order valence-corrected chi connectivity index (χ2v) is 7.81. The van der Waals surface area contributed by atoms with E-state index in [2.05, 4.69) is 32.5 Å². The number of nitrogens with one attached hydrogen (secondary N) is 2. The fourth-order valence-electron chi connectivity index (χ4n) is 4.26. The fourth-order valence-corrected chi connectivity index (χ4v) is 4.26. The highest BCUT2D eigenvalue weighted by Crippen LogP contribution is 2.38. The van der Waals surface area contributed by atoms with Gasteiger partial charge >= 0.3 is 0 Å². The van der Waals surface area contributed by atoms with Gasteiger partial charge in [0.05, 0.1) is 11.0 Å². The van der Waals surface area contributed by atoms with Crippen LogP contribution in [-0.2, 0) is 20.1 Å². The Morgan fingerprint density at radius 3 is 2.35 bits per heavy atom. The molecule has 5 aromatic rings. The van der Waals surface area contributed by atoms with Gasteiger partial charge in [0.1, 0.15) is 11.4 Å². The summed E-state index contributed by atoms with van der Waals surface area (Å²) >= 11 is 0. The number of imidazole rings is 1. The van der Waals surface area contributed by atoms with Crippen LogP contribution in [0.15, 0.2) is 60.9 Å². The lowest BCUT2D eigenvalue weighted by Gasteiger charge is -2.03. The number of aromatic nitrogens is 5. The molecule has 31 heavy (non-hydrogen) atoms. The maximum atomic E-state index is 11.0. The highest BCUT2D eigenvalue weighted by molar-refractivity contribution is 5.84. The quantitative estimate of drug-likeness (QED) is 0.420. The zero-order chi connectivity index (χ0) is 20.9. The van der Waals surface area contributed by atoms with E-state index in [0.717, 1.165) is 40.8 Å². The normalized spacial score (nSPS) is 13.1. The summed E-state index contributed by atoms with van der Waals surface area (Å²) in [6, 6.07) is 16.2. The molecule has 0 saturated heterocycles. The second kappa shape index (κ2) is 6.78. The smallest absolute Gasteiger partial charge is 0.173 e. The summed E-state index contributed by atoms with van der Waals surface area (Å²) in [5.41, 5.74) is 8.54. The summed E-state index contributed by atoms with van der Waals surface area (Å²) in [5.74, 6) is 0.728. The van der Waals surface area contributed by atoms with E-state index in [9.17, 15) is 5.11 Å². The minimum Gasteiger partial charge on any atom is -0.504 e. The Hall–Kier alpha value is -3.97. The lowest BCUT2D eigenvalue weighted by Crippen LogP contribution is -1.99. The van der Waals surface area contributed by atoms with E-state index >= 15 is 0 Å². The van der Waals surface area contributed by atoms with E-state index in [1.165, 1.54) is 11.1 Å². The van der Waals surface area contributed by atoms with Crippen LogP contribution in [0.2, 0.25) is 0 Å². The highest BCUT2D eigenvalue weighted by Gasteiger charge is 2.22. The van der Waals surface area contributed by atoms with E-state index in [-0.39, 0.29) is 5.75 Å². The molecule has 0 atom stereocenters. The Bertz CT molecular complexity index is 1380. The van der Waals surface area contributed by atoms with Gasteiger partial charge < -0.3 is 15.4 Å². The van der Waals surface area contributed by atoms with Crippen LogP contribution in [0.5, 0.6) is 5.75 Å². The Morgan fingerprint density at radius 1 is 0.903 bits per heavy atom. The van der Waals surface area contributed by atoms with Crippen LogP contribution in [0.4, 0.5) is 0 Å². The molecule has 0 aliphatic carbocycles. The number of hydrogen-bond acceptors (Lipinski definition) is 5. The monoisotopic (exact) mass is 408 g/mol. The molecule has 6 rings (SSSR count). The van der Waals surface area contributed by atoms with Crippen molar-refractivity contribution in [3.8, 4) is 39.7 Å². The van der Waals surface area contributed by atoms with E-state index in [4.69, 9.17) is 4.98 Å². The number of aromatic amines is 1. The molecule has 7 heteroatoms. The highest BCUT2D eigenvalue weighted by atomic mass is 16.3. The molecule has 0 spiro atoms. The molecule has 0 fully saturated rings. The summed E-state index contributed by atoms with van der Waals surface area (Å²) in [7, 11) is 1.82. The molecule has 0 radical (unpaired) electrons. The molecule has 0 bridgehead atoms. The lowest BCUT2D eigenvalue weighted by molar-refractivity contribution is 0.478. The van der Waals surface area contributed by atoms with Crippen molar-refractivity contribution in [2.75, 3.05) is 0 Å². The Kier molecular flexibility index (Phi) is 3.91. The van der Waals surface area contributed by atoms with Crippen molar-refractivity contribution in [2.45, 2.75) is 13.1 Å². The van der Waals surface area contributed by atoms with Crippen molar-refractivity contribution in [3.05, 3.63) is 72.1 Å². The van der Waals surface area contributed by atoms with E-state index < -0.39 is 0 Å². The molecular weight excluding hydrogens is 388 g/mol. The van der Waals surface area contributed by atoms with Gasteiger partial charge in [-0.1, -0.05) is 24.3 Å². The number of H-pyrrole nitrogens is 1. The first-order valence-electron chi connectivity index (χ1n) is 10.2. The van der Waals surface area contributed by atoms with Crippen LogP contribution in [0.1, 0.15) is 11.1 Å². The molecule has 3 N–H and O–H groups in total. The molecule has 152 valence electrons. The predicted molar refractivity (Wildman–Crippen MR) is 119 cm³/mol. The van der Waals surface area contributed by atoms with Crippen LogP contribution < -0.4 is 5.32 Å². The summed E-state index contributed by atoms with van der Waals surface area (Å²) in [6.07, 6.45) is 3.55. The number of rotatable bonds is 3. The third-order valence-corrected chi connectivity index (χ3v) is 5.85. The molecule has 0 amide bonds. The first-order valence-corrected chi connectivity index (χ1v) is 10.2. The Labute approximate surface area is 178 Å². The topological polar surface area (TPSA) is 91.7 Å². The van der Waals surface area contributed by atoms with Crippen LogP contribution >= 0.6 is 0 Å². The van der Waals surface area contributed by atoms with Crippen LogP contribution in [0.3, 0.4) is 0 Å². The lowest BCUT2D eigenvalue weighted by atomic mass is 10.0. The molecule has 4 heterocycles. The first kappa shape index (κ1) is 17.9. The molecule has 3 aromatic heterocycles. The summed E-state index contributed by atoms with van der Waals surface area (Å²) in [4.78, 5) is 12.2. The minimum atomic E-state index is 0.118. The molecule has 2 aromatic carbocycles. The van der Waals surface area contributed by atoms with E-state index in [1.807, 2.05) is 43.4 Å². The van der Waals surface area contributed by atoms with Gasteiger partial charge in [-0.2, -0.15) is 5.10 Å². The predicted octanol–water partition coefficient (Wildman–Crippen LogP) is 4.00. The number of fused-ring (bicyclic) bond motifs is 2. The fraction of sp³-hybridized carbons (Fsp3) is 0.125. The number of hydrogen-bond donors (Lipinski definition) is 3. The van der Waals surface area contributed by atoms with E-state index in [1.54, 1.807) is 17.1 Å². The maximum Gasteiger partial charge on any atom is 0.173 e. The third kappa shape index (κ3) is 2.90. The summed E-state index contributed by atoms with van der Waals surface area (Å²) < 4.78 is 1.67. The summed E-state index contributed by atoms with van der Waals surface area (Å²) in [5, 5.41) is 19.0. The average molecular weight is 408 g/mol. The average Bonchev–Trinajstić information content (AvgIpc) is 3.49. The molecular formula is C24H20N6O. The number of aromatic hydroxyl groups is 1. The summed E-state index contributed by atoms with van der Waals surface area (Å²) in [6.45, 7) is 1.74. The van der Waals surface area contributed by atoms with Gasteiger partial charge in [0, 0.05) is 38.1 Å². The zero-order valence-electron chi connectivity index (χ0n) is 16.9. The molecule has 1 aliphatic rings. The van der Waals surface area contributed by atoms with Gasteiger partial charge in [-0.05, 0) is 46.5 Å². The van der Waals surface area contributed by atoms with Gasteiger partial charge in [-0.3, -0.25) is 9.67 Å². The van der Waals surface area contributed by atoms with Gasteiger partial charge in [-0.15, -0.1) is 0 Å². The minimum absolute atomic E-state index is 0.118. The van der Waals surface area contributed by atoms with Crippen LogP contribution in [0.25, 0.3) is 44.9 Å². The molecule has 0 unspecified atom stereocenters. The molecule has 1 aliphatic heterocycles. The van der Waals surface area contributed by atoms with Gasteiger partial charge in [0.15, 0.2) is 11.6 Å².